The van der Waals surface area contributed by atoms with E-state index in [1.165, 1.54) is 21.7 Å². The van der Waals surface area contributed by atoms with Gasteiger partial charge in [-0.1, -0.05) is 32.8 Å². The monoisotopic (exact) mass is 330 g/mol. The number of hydrogen-bond donors (Lipinski definition) is 0. The van der Waals surface area contributed by atoms with E-state index in [1.807, 2.05) is 0 Å². The molecule has 0 aliphatic heterocycles. The second-order valence-electron chi connectivity index (χ2n) is 6.35. The lowest BCUT2D eigenvalue weighted by Crippen LogP contribution is -2.19. The second-order valence-corrected chi connectivity index (χ2v) is 7.60. The molecular weight excluding hydrogens is 303 g/mol. The van der Waals surface area contributed by atoms with Crippen LogP contribution in [0.1, 0.15) is 38.8 Å². The number of aryl methyl sites for hydroxylation is 2. The van der Waals surface area contributed by atoms with Gasteiger partial charge in [-0.05, 0) is 64.8 Å². The van der Waals surface area contributed by atoms with E-state index < -0.39 is 0 Å². The average Bonchev–Trinajstić information content (AvgIpc) is 2.44. The fourth-order valence-electron chi connectivity index (χ4n) is 2.43. The Morgan fingerprint density at radius 1 is 0.696 bits per heavy atom. The minimum Gasteiger partial charge on any atom is -0.490 e. The van der Waals surface area contributed by atoms with Crippen LogP contribution in [0.2, 0.25) is 0 Å². The maximum Gasteiger partial charge on any atom is 0.127 e. The summed E-state index contributed by atoms with van der Waals surface area (Å²) in [5.41, 5.74) is 2.53. The minimum atomic E-state index is 0.170. The Morgan fingerprint density at radius 2 is 1.09 bits per heavy atom. The highest BCUT2D eigenvalue weighted by Gasteiger charge is 2.14. The van der Waals surface area contributed by atoms with Gasteiger partial charge >= 0.3 is 0 Å². The topological polar surface area (TPSA) is 18.5 Å². The molecule has 2 nitrogen and oxygen atoms in total. The molecule has 3 heteroatoms. The highest BCUT2D eigenvalue weighted by molar-refractivity contribution is 7.56. The Morgan fingerprint density at radius 3 is 1.43 bits per heavy atom. The van der Waals surface area contributed by atoms with Crippen LogP contribution in [0.5, 0.6) is 11.5 Å². The van der Waals surface area contributed by atoms with Crippen molar-refractivity contribution in [2.45, 2.75) is 53.8 Å². The lowest BCUT2D eigenvalue weighted by molar-refractivity contribution is 0.244. The average molecular weight is 330 g/mol. The number of rotatable bonds is 6. The van der Waals surface area contributed by atoms with Gasteiger partial charge in [0.05, 0.1) is 12.2 Å². The largest absolute Gasteiger partial charge is 0.490 e. The van der Waals surface area contributed by atoms with Gasteiger partial charge in [0.2, 0.25) is 0 Å². The summed E-state index contributed by atoms with van der Waals surface area (Å²) in [5, 5.41) is 2.54. The molecule has 0 aliphatic rings. The normalized spacial score (nSPS) is 11.1. The van der Waals surface area contributed by atoms with E-state index in [1.54, 1.807) is 0 Å². The molecule has 2 aromatic carbocycles. The fourth-order valence-corrected chi connectivity index (χ4v) is 3.77. The van der Waals surface area contributed by atoms with Gasteiger partial charge in [0.25, 0.3) is 0 Å². The summed E-state index contributed by atoms with van der Waals surface area (Å²) in [6.45, 7) is 12.6. The molecule has 23 heavy (non-hydrogen) atoms. The highest BCUT2D eigenvalue weighted by Crippen LogP contribution is 2.28. The van der Waals surface area contributed by atoms with E-state index in [0.29, 0.717) is 8.58 Å². The van der Waals surface area contributed by atoms with Crippen LogP contribution in [-0.2, 0) is 0 Å². The van der Waals surface area contributed by atoms with Crippen molar-refractivity contribution in [1.82, 2.24) is 0 Å². The lowest BCUT2D eigenvalue weighted by atomic mass is 10.2. The molecule has 0 N–H and O–H groups in total. The van der Waals surface area contributed by atoms with Gasteiger partial charge in [0.15, 0.2) is 0 Å². The van der Waals surface area contributed by atoms with Crippen LogP contribution in [-0.4, -0.2) is 12.2 Å². The zero-order chi connectivity index (χ0) is 17.0. The first-order valence-corrected chi connectivity index (χ1v) is 9.18. The van der Waals surface area contributed by atoms with E-state index in [0.717, 1.165) is 11.5 Å². The van der Waals surface area contributed by atoms with Gasteiger partial charge in [-0.15, -0.1) is 0 Å². The molecule has 0 heterocycles. The molecule has 0 bridgehead atoms. The molecule has 0 spiro atoms. The number of ether oxygens (including phenoxy) is 2. The molecule has 0 aliphatic carbocycles. The van der Waals surface area contributed by atoms with Crippen molar-refractivity contribution in [3.8, 4) is 11.5 Å². The van der Waals surface area contributed by atoms with Crippen molar-refractivity contribution < 1.29 is 9.47 Å². The first kappa shape index (κ1) is 17.8. The van der Waals surface area contributed by atoms with Crippen LogP contribution >= 0.6 is 8.58 Å². The van der Waals surface area contributed by atoms with Crippen molar-refractivity contribution in [2.75, 3.05) is 0 Å². The van der Waals surface area contributed by atoms with Crippen molar-refractivity contribution in [2.24, 2.45) is 0 Å². The van der Waals surface area contributed by atoms with Crippen LogP contribution in [0.4, 0.5) is 0 Å². The third-order valence-electron chi connectivity index (χ3n) is 3.44. The maximum absolute atomic E-state index is 6.03. The third-order valence-corrected chi connectivity index (χ3v) is 5.23. The standard InChI is InChI=1S/C20H27O2P/c1-13(2)21-17-11-7-9-15(5)19(17)23-20-16(6)10-8-12-18(20)22-14(3)4/h7-14,23H,1-6H3. The van der Waals surface area contributed by atoms with E-state index in [2.05, 4.69) is 77.9 Å². The quantitative estimate of drug-likeness (QED) is 0.726. The number of benzene rings is 2. The zero-order valence-corrected chi connectivity index (χ0v) is 15.9. The van der Waals surface area contributed by atoms with Gasteiger partial charge in [0, 0.05) is 10.6 Å². The fraction of sp³-hybridized carbons (Fsp3) is 0.400. The van der Waals surface area contributed by atoms with Crippen molar-refractivity contribution in [3.63, 3.8) is 0 Å². The van der Waals surface area contributed by atoms with Gasteiger partial charge in [-0.2, -0.15) is 0 Å². The first-order valence-electron chi connectivity index (χ1n) is 8.18. The predicted octanol–water partition coefficient (Wildman–Crippen LogP) is 4.51. The van der Waals surface area contributed by atoms with Crippen molar-refractivity contribution in [1.29, 1.82) is 0 Å². The molecule has 0 unspecified atom stereocenters. The lowest BCUT2D eigenvalue weighted by Gasteiger charge is -2.20. The van der Waals surface area contributed by atoms with E-state index in [-0.39, 0.29) is 12.2 Å². The van der Waals surface area contributed by atoms with Crippen LogP contribution < -0.4 is 20.1 Å². The van der Waals surface area contributed by atoms with Crippen molar-refractivity contribution in [3.05, 3.63) is 47.5 Å². The minimum absolute atomic E-state index is 0.170. The Hall–Kier alpha value is -1.53. The summed E-state index contributed by atoms with van der Waals surface area (Å²) in [7, 11) is 0.521. The zero-order valence-electron chi connectivity index (χ0n) is 14.9. The smallest absolute Gasteiger partial charge is 0.127 e. The Bertz CT molecular complexity index is 605. The Balaban J connectivity index is 2.43. The third kappa shape index (κ3) is 4.72. The van der Waals surface area contributed by atoms with Crippen LogP contribution in [0.3, 0.4) is 0 Å². The van der Waals surface area contributed by atoms with Gasteiger partial charge in [0.1, 0.15) is 11.5 Å². The summed E-state index contributed by atoms with van der Waals surface area (Å²) in [5.74, 6) is 1.97. The number of hydrogen-bond acceptors (Lipinski definition) is 2. The Kier molecular flexibility index (Phi) is 6.07. The summed E-state index contributed by atoms with van der Waals surface area (Å²) in [4.78, 5) is 0. The maximum atomic E-state index is 6.03. The summed E-state index contributed by atoms with van der Waals surface area (Å²) >= 11 is 0. The molecular formula is C20H27O2P. The summed E-state index contributed by atoms with van der Waals surface area (Å²) in [6.07, 6.45) is 0.340. The predicted molar refractivity (Wildman–Crippen MR) is 101 cm³/mol. The van der Waals surface area contributed by atoms with Crippen molar-refractivity contribution >= 4 is 19.2 Å². The molecule has 0 saturated carbocycles. The summed E-state index contributed by atoms with van der Waals surface area (Å²) in [6, 6.07) is 12.6. The first-order chi connectivity index (χ1) is 10.9. The molecule has 2 rings (SSSR count). The van der Waals surface area contributed by atoms with E-state index >= 15 is 0 Å². The molecule has 0 radical (unpaired) electrons. The van der Waals surface area contributed by atoms with Crippen LogP contribution in [0, 0.1) is 13.8 Å². The molecule has 0 atom stereocenters. The van der Waals surface area contributed by atoms with Crippen LogP contribution in [0.25, 0.3) is 0 Å². The van der Waals surface area contributed by atoms with Gasteiger partial charge in [-0.3, -0.25) is 0 Å². The highest BCUT2D eigenvalue weighted by atomic mass is 31.1. The molecule has 0 fully saturated rings. The SMILES string of the molecule is Cc1cccc(OC(C)C)c1Pc1c(C)cccc1OC(C)C. The van der Waals surface area contributed by atoms with E-state index in [4.69, 9.17) is 9.47 Å². The second kappa shape index (κ2) is 7.84. The van der Waals surface area contributed by atoms with Crippen LogP contribution in [0.15, 0.2) is 36.4 Å². The molecule has 0 amide bonds. The molecule has 2 aromatic rings. The molecule has 0 aromatic heterocycles. The summed E-state index contributed by atoms with van der Waals surface area (Å²) < 4.78 is 12.1. The molecule has 124 valence electrons. The van der Waals surface area contributed by atoms with E-state index in [9.17, 15) is 0 Å². The Labute approximate surface area is 142 Å². The molecule has 0 saturated heterocycles. The van der Waals surface area contributed by atoms with Gasteiger partial charge in [-0.25, -0.2) is 0 Å². The van der Waals surface area contributed by atoms with Gasteiger partial charge < -0.3 is 9.47 Å².